The van der Waals surface area contributed by atoms with Crippen LogP contribution in [0.15, 0.2) is 30.3 Å². The van der Waals surface area contributed by atoms with E-state index in [0.717, 1.165) is 38.3 Å². The van der Waals surface area contributed by atoms with Crippen molar-refractivity contribution >= 4 is 11.6 Å². The van der Waals surface area contributed by atoms with Crippen LogP contribution in [0.3, 0.4) is 0 Å². The number of urea groups is 1. The Hall–Kier alpha value is -2.01. The standard InChI is InChI=1S/C16H21N3O2/c20-16-18-9-10-19(16)11-12-21-15-3-1-13(2-4-15)14-5-7-17-8-6-14/h1-5,17H,6-12H2,(H,18,20). The Labute approximate surface area is 125 Å². The van der Waals surface area contributed by atoms with Crippen LogP contribution in [0, 0.1) is 0 Å². The zero-order valence-corrected chi connectivity index (χ0v) is 12.1. The third-order valence-corrected chi connectivity index (χ3v) is 3.86. The van der Waals surface area contributed by atoms with E-state index in [1.54, 1.807) is 4.90 Å². The lowest BCUT2D eigenvalue weighted by atomic mass is 10.0. The molecule has 0 radical (unpaired) electrons. The summed E-state index contributed by atoms with van der Waals surface area (Å²) in [6, 6.07) is 8.22. The van der Waals surface area contributed by atoms with Crippen LogP contribution in [0.1, 0.15) is 12.0 Å². The fourth-order valence-corrected chi connectivity index (χ4v) is 2.65. The van der Waals surface area contributed by atoms with Gasteiger partial charge >= 0.3 is 6.03 Å². The van der Waals surface area contributed by atoms with E-state index in [1.165, 1.54) is 11.1 Å². The van der Waals surface area contributed by atoms with Crippen LogP contribution >= 0.6 is 0 Å². The summed E-state index contributed by atoms with van der Waals surface area (Å²) in [4.78, 5) is 13.2. The van der Waals surface area contributed by atoms with Crippen molar-refractivity contribution in [1.82, 2.24) is 15.5 Å². The first kappa shape index (κ1) is 13.9. The Morgan fingerprint density at radius 1 is 1.19 bits per heavy atom. The number of rotatable bonds is 5. The highest BCUT2D eigenvalue weighted by atomic mass is 16.5. The lowest BCUT2D eigenvalue weighted by Gasteiger charge is -2.16. The average molecular weight is 287 g/mol. The number of nitrogens with one attached hydrogen (secondary N) is 2. The summed E-state index contributed by atoms with van der Waals surface area (Å²) in [5.41, 5.74) is 2.66. The van der Waals surface area contributed by atoms with E-state index in [1.807, 2.05) is 12.1 Å². The second-order valence-corrected chi connectivity index (χ2v) is 5.28. The summed E-state index contributed by atoms with van der Waals surface area (Å²) in [5.74, 6) is 0.855. The van der Waals surface area contributed by atoms with Gasteiger partial charge in [-0.2, -0.15) is 0 Å². The molecular formula is C16H21N3O2. The van der Waals surface area contributed by atoms with Crippen LogP contribution in [0.5, 0.6) is 5.75 Å². The first-order valence-electron chi connectivity index (χ1n) is 7.49. The molecule has 2 amide bonds. The molecule has 2 N–H and O–H groups in total. The fraction of sp³-hybridized carbons (Fsp3) is 0.438. The number of amides is 2. The van der Waals surface area contributed by atoms with Crippen LogP contribution < -0.4 is 15.4 Å². The van der Waals surface area contributed by atoms with E-state index >= 15 is 0 Å². The molecule has 5 nitrogen and oxygen atoms in total. The van der Waals surface area contributed by atoms with Gasteiger partial charge in [-0.15, -0.1) is 0 Å². The Morgan fingerprint density at radius 3 is 2.71 bits per heavy atom. The molecule has 2 heterocycles. The van der Waals surface area contributed by atoms with Crippen LogP contribution in [-0.2, 0) is 0 Å². The molecule has 0 atom stereocenters. The summed E-state index contributed by atoms with van der Waals surface area (Å²) >= 11 is 0. The van der Waals surface area contributed by atoms with Crippen molar-refractivity contribution in [2.24, 2.45) is 0 Å². The summed E-state index contributed by atoms with van der Waals surface area (Å²) in [7, 11) is 0. The third kappa shape index (κ3) is 3.55. The molecule has 112 valence electrons. The topological polar surface area (TPSA) is 53.6 Å². The SMILES string of the molecule is O=C1NCCN1CCOc1ccc(C2=CCNCC2)cc1. The molecule has 21 heavy (non-hydrogen) atoms. The molecule has 0 aromatic heterocycles. The Bertz CT molecular complexity index is 525. The third-order valence-electron chi connectivity index (χ3n) is 3.86. The quantitative estimate of drug-likeness (QED) is 0.862. The molecule has 0 bridgehead atoms. The summed E-state index contributed by atoms with van der Waals surface area (Å²) < 4.78 is 5.71. The van der Waals surface area contributed by atoms with Gasteiger partial charge in [-0.05, 0) is 36.2 Å². The highest BCUT2D eigenvalue weighted by Gasteiger charge is 2.18. The zero-order chi connectivity index (χ0) is 14.5. The van der Waals surface area contributed by atoms with Gasteiger partial charge < -0.3 is 20.3 Å². The second kappa shape index (κ2) is 6.63. The Balaban J connectivity index is 1.50. The number of hydrogen-bond donors (Lipinski definition) is 2. The molecule has 0 saturated carbocycles. The number of benzene rings is 1. The molecule has 1 fully saturated rings. The minimum atomic E-state index is 0.00629. The monoisotopic (exact) mass is 287 g/mol. The minimum absolute atomic E-state index is 0.00629. The maximum Gasteiger partial charge on any atom is 0.317 e. The van der Waals surface area contributed by atoms with Crippen molar-refractivity contribution in [2.45, 2.75) is 6.42 Å². The summed E-state index contributed by atoms with van der Waals surface area (Å²) in [5, 5.41) is 6.10. The van der Waals surface area contributed by atoms with E-state index in [2.05, 4.69) is 28.8 Å². The van der Waals surface area contributed by atoms with Crippen LogP contribution in [0.2, 0.25) is 0 Å². The van der Waals surface area contributed by atoms with Crippen molar-refractivity contribution in [3.05, 3.63) is 35.9 Å². The summed E-state index contributed by atoms with van der Waals surface area (Å²) in [6.45, 7) is 4.65. The maximum absolute atomic E-state index is 11.4. The number of nitrogens with zero attached hydrogens (tertiary/aromatic N) is 1. The lowest BCUT2D eigenvalue weighted by Crippen LogP contribution is -2.31. The molecule has 0 spiro atoms. The zero-order valence-electron chi connectivity index (χ0n) is 12.1. The molecule has 0 aliphatic carbocycles. The second-order valence-electron chi connectivity index (χ2n) is 5.28. The van der Waals surface area contributed by atoms with Crippen molar-refractivity contribution < 1.29 is 9.53 Å². The van der Waals surface area contributed by atoms with Crippen LogP contribution in [-0.4, -0.2) is 50.3 Å². The molecule has 2 aliphatic heterocycles. The van der Waals surface area contributed by atoms with Gasteiger partial charge in [0.15, 0.2) is 0 Å². The lowest BCUT2D eigenvalue weighted by molar-refractivity contribution is 0.202. The molecule has 0 unspecified atom stereocenters. The molecule has 1 aromatic carbocycles. The van der Waals surface area contributed by atoms with Gasteiger partial charge in [-0.1, -0.05) is 18.2 Å². The van der Waals surface area contributed by atoms with E-state index in [9.17, 15) is 4.79 Å². The number of hydrogen-bond acceptors (Lipinski definition) is 3. The minimum Gasteiger partial charge on any atom is -0.492 e. The molecule has 2 aliphatic rings. The predicted octanol–water partition coefficient (Wildman–Crippen LogP) is 1.47. The number of carbonyl (C=O) groups excluding carboxylic acids is 1. The molecular weight excluding hydrogens is 266 g/mol. The Morgan fingerprint density at radius 2 is 2.05 bits per heavy atom. The Kier molecular flexibility index (Phi) is 4.40. The van der Waals surface area contributed by atoms with E-state index in [-0.39, 0.29) is 6.03 Å². The van der Waals surface area contributed by atoms with E-state index < -0.39 is 0 Å². The van der Waals surface area contributed by atoms with E-state index in [0.29, 0.717) is 13.2 Å². The van der Waals surface area contributed by atoms with Crippen LogP contribution in [0.25, 0.3) is 5.57 Å². The largest absolute Gasteiger partial charge is 0.492 e. The van der Waals surface area contributed by atoms with E-state index in [4.69, 9.17) is 4.74 Å². The maximum atomic E-state index is 11.4. The smallest absolute Gasteiger partial charge is 0.317 e. The normalized spacial score (nSPS) is 18.4. The van der Waals surface area contributed by atoms with Crippen molar-refractivity contribution in [1.29, 1.82) is 0 Å². The molecule has 3 rings (SSSR count). The van der Waals surface area contributed by atoms with Gasteiger partial charge in [0.25, 0.3) is 0 Å². The fourth-order valence-electron chi connectivity index (χ4n) is 2.65. The number of ether oxygens (including phenoxy) is 1. The molecule has 1 aromatic rings. The summed E-state index contributed by atoms with van der Waals surface area (Å²) in [6.07, 6.45) is 3.32. The van der Waals surface area contributed by atoms with Gasteiger partial charge in [-0.3, -0.25) is 0 Å². The highest BCUT2D eigenvalue weighted by molar-refractivity contribution is 5.76. The van der Waals surface area contributed by atoms with Crippen molar-refractivity contribution in [3.8, 4) is 5.75 Å². The van der Waals surface area contributed by atoms with Crippen LogP contribution in [0.4, 0.5) is 4.79 Å². The number of carbonyl (C=O) groups is 1. The van der Waals surface area contributed by atoms with Gasteiger partial charge in [0, 0.05) is 19.6 Å². The predicted molar refractivity (Wildman–Crippen MR) is 82.4 cm³/mol. The molecule has 5 heteroatoms. The molecule has 1 saturated heterocycles. The average Bonchev–Trinajstić information content (AvgIpc) is 2.94. The van der Waals surface area contributed by atoms with Gasteiger partial charge in [0.2, 0.25) is 0 Å². The van der Waals surface area contributed by atoms with Crippen molar-refractivity contribution in [2.75, 3.05) is 39.3 Å². The van der Waals surface area contributed by atoms with Crippen molar-refractivity contribution in [3.63, 3.8) is 0 Å². The first-order valence-corrected chi connectivity index (χ1v) is 7.49. The van der Waals surface area contributed by atoms with Gasteiger partial charge in [-0.25, -0.2) is 4.79 Å². The highest BCUT2D eigenvalue weighted by Crippen LogP contribution is 2.22. The van der Waals surface area contributed by atoms with Gasteiger partial charge in [0.1, 0.15) is 12.4 Å². The first-order chi connectivity index (χ1) is 10.3. The van der Waals surface area contributed by atoms with Gasteiger partial charge in [0.05, 0.1) is 6.54 Å².